The maximum Gasteiger partial charge on any atom is 0.228 e. The highest BCUT2D eigenvalue weighted by Gasteiger charge is 2.53. The van der Waals surface area contributed by atoms with Gasteiger partial charge in [0, 0.05) is 31.1 Å². The standard InChI is InChI=1S/C32H41FN2O/c1-22-17-26-13-8-15-32(30(26)28(33)18-22)21-34-20-27(32)31(36)35-16-14-25(23-9-4-2-5-10-23)19-29(35)24-11-6-3-7-12-24/h2,4-5,9-10,17-18,24-25,27,29,34H,3,6-8,11-16,19-21H2,1H3/t25-,27?,29+,32-/m1/s1. The van der Waals surface area contributed by atoms with E-state index in [1.54, 1.807) is 6.07 Å². The Morgan fingerprint density at radius 2 is 1.86 bits per heavy atom. The first-order valence-corrected chi connectivity index (χ1v) is 14.4. The van der Waals surface area contributed by atoms with E-state index < -0.39 is 5.41 Å². The highest BCUT2D eigenvalue weighted by Crippen LogP contribution is 2.48. The third-order valence-corrected chi connectivity index (χ3v) is 10.0. The molecule has 4 heteroatoms. The first-order chi connectivity index (χ1) is 17.6. The summed E-state index contributed by atoms with van der Waals surface area (Å²) < 4.78 is 15.6. The second kappa shape index (κ2) is 9.93. The molecule has 0 bridgehead atoms. The molecule has 1 amide bonds. The molecule has 1 N–H and O–H groups in total. The molecular weight excluding hydrogens is 447 g/mol. The van der Waals surface area contributed by atoms with E-state index in [9.17, 15) is 4.79 Å². The average molecular weight is 489 g/mol. The summed E-state index contributed by atoms with van der Waals surface area (Å²) in [6.07, 6.45) is 11.3. The summed E-state index contributed by atoms with van der Waals surface area (Å²) in [5.74, 6) is 1.13. The minimum atomic E-state index is -0.407. The van der Waals surface area contributed by atoms with Gasteiger partial charge in [-0.1, -0.05) is 55.7 Å². The lowest BCUT2D eigenvalue weighted by Gasteiger charge is -2.48. The van der Waals surface area contributed by atoms with Crippen molar-refractivity contribution < 1.29 is 9.18 Å². The summed E-state index contributed by atoms with van der Waals surface area (Å²) in [6, 6.07) is 15.1. The summed E-state index contributed by atoms with van der Waals surface area (Å²) in [5.41, 5.74) is 3.97. The van der Waals surface area contributed by atoms with Crippen LogP contribution in [0.25, 0.3) is 0 Å². The Balaban J connectivity index is 1.32. The Morgan fingerprint density at radius 3 is 2.67 bits per heavy atom. The molecule has 4 aliphatic rings. The predicted molar refractivity (Wildman–Crippen MR) is 143 cm³/mol. The number of fused-ring (bicyclic) bond motifs is 2. The van der Waals surface area contributed by atoms with Crippen molar-refractivity contribution >= 4 is 5.91 Å². The van der Waals surface area contributed by atoms with E-state index in [0.717, 1.165) is 55.3 Å². The molecule has 6 rings (SSSR count). The van der Waals surface area contributed by atoms with Crippen LogP contribution in [0.5, 0.6) is 0 Å². The highest BCUT2D eigenvalue weighted by atomic mass is 19.1. The van der Waals surface area contributed by atoms with Crippen molar-refractivity contribution in [1.29, 1.82) is 0 Å². The minimum absolute atomic E-state index is 0.0992. The van der Waals surface area contributed by atoms with Gasteiger partial charge in [-0.2, -0.15) is 0 Å². The number of aryl methyl sites for hydroxylation is 2. The van der Waals surface area contributed by atoms with Crippen LogP contribution in [0.4, 0.5) is 4.39 Å². The quantitative estimate of drug-likeness (QED) is 0.551. The number of amides is 1. The fourth-order valence-electron chi connectivity index (χ4n) is 8.36. The number of benzene rings is 2. The zero-order valence-corrected chi connectivity index (χ0v) is 21.8. The Morgan fingerprint density at radius 1 is 1.06 bits per heavy atom. The molecule has 2 aliphatic heterocycles. The van der Waals surface area contributed by atoms with E-state index >= 15 is 4.39 Å². The summed E-state index contributed by atoms with van der Waals surface area (Å²) in [5, 5.41) is 3.55. The van der Waals surface area contributed by atoms with Crippen molar-refractivity contribution in [2.75, 3.05) is 19.6 Å². The van der Waals surface area contributed by atoms with Crippen LogP contribution in [-0.2, 0) is 16.6 Å². The number of nitrogens with one attached hydrogen (secondary N) is 1. The van der Waals surface area contributed by atoms with Crippen molar-refractivity contribution in [3.05, 3.63) is 70.5 Å². The predicted octanol–water partition coefficient (Wildman–Crippen LogP) is 6.28. The van der Waals surface area contributed by atoms with Gasteiger partial charge in [0.15, 0.2) is 0 Å². The summed E-state index contributed by atoms with van der Waals surface area (Å²) in [7, 11) is 0. The van der Waals surface area contributed by atoms with Gasteiger partial charge in [0.05, 0.1) is 5.92 Å². The van der Waals surface area contributed by atoms with Gasteiger partial charge in [0.25, 0.3) is 0 Å². The summed E-state index contributed by atoms with van der Waals surface area (Å²) in [6.45, 7) is 4.19. The highest BCUT2D eigenvalue weighted by molar-refractivity contribution is 5.82. The molecule has 3 nitrogen and oxygen atoms in total. The zero-order valence-electron chi connectivity index (χ0n) is 21.8. The molecule has 1 saturated carbocycles. The zero-order chi connectivity index (χ0) is 24.7. The molecule has 4 atom stereocenters. The molecule has 0 aromatic heterocycles. The molecule has 2 heterocycles. The largest absolute Gasteiger partial charge is 0.339 e. The maximum atomic E-state index is 15.6. The van der Waals surface area contributed by atoms with Crippen LogP contribution in [0.2, 0.25) is 0 Å². The van der Waals surface area contributed by atoms with Crippen LogP contribution in [0.15, 0.2) is 42.5 Å². The molecule has 3 fully saturated rings. The van der Waals surface area contributed by atoms with E-state index in [1.165, 1.54) is 37.7 Å². The Labute approximate surface area is 215 Å². The molecule has 1 spiro atoms. The third-order valence-electron chi connectivity index (χ3n) is 10.0. The molecule has 2 aromatic rings. The van der Waals surface area contributed by atoms with Gasteiger partial charge in [0.1, 0.15) is 5.82 Å². The Hall–Kier alpha value is -2.20. The molecular formula is C32H41FN2O. The van der Waals surface area contributed by atoms with Gasteiger partial charge < -0.3 is 10.2 Å². The number of piperidine rings is 1. The second-order valence-electron chi connectivity index (χ2n) is 12.1. The fourth-order valence-corrected chi connectivity index (χ4v) is 8.36. The molecule has 0 radical (unpaired) electrons. The second-order valence-corrected chi connectivity index (χ2v) is 12.1. The molecule has 2 aliphatic carbocycles. The van der Waals surface area contributed by atoms with Crippen LogP contribution in [0.3, 0.4) is 0 Å². The van der Waals surface area contributed by atoms with Crippen molar-refractivity contribution in [1.82, 2.24) is 10.2 Å². The maximum absolute atomic E-state index is 15.6. The van der Waals surface area contributed by atoms with Gasteiger partial charge in [-0.25, -0.2) is 4.39 Å². The minimum Gasteiger partial charge on any atom is -0.339 e. The number of carbonyl (C=O) groups is 1. The van der Waals surface area contributed by atoms with Crippen LogP contribution in [0, 0.1) is 24.6 Å². The lowest BCUT2D eigenvalue weighted by atomic mass is 9.63. The lowest BCUT2D eigenvalue weighted by molar-refractivity contribution is -0.143. The SMILES string of the molecule is Cc1cc(F)c2c(c1)CCC[C@]21CNCC1C(=O)N1CC[C@@H](c2ccccc2)C[C@H]1C1CCCCC1. The first kappa shape index (κ1) is 24.2. The smallest absolute Gasteiger partial charge is 0.228 e. The molecule has 192 valence electrons. The monoisotopic (exact) mass is 488 g/mol. The van der Waals surface area contributed by atoms with Crippen LogP contribution in [0.1, 0.15) is 86.0 Å². The van der Waals surface area contributed by atoms with Crippen molar-refractivity contribution in [2.45, 2.75) is 88.5 Å². The number of carbonyl (C=O) groups excluding carboxylic acids is 1. The number of halogens is 1. The van der Waals surface area contributed by atoms with Crippen LogP contribution in [-0.4, -0.2) is 36.5 Å². The number of nitrogens with zero attached hydrogens (tertiary/aromatic N) is 1. The van der Waals surface area contributed by atoms with Gasteiger partial charge in [-0.3, -0.25) is 4.79 Å². The van der Waals surface area contributed by atoms with Crippen LogP contribution >= 0.6 is 0 Å². The van der Waals surface area contributed by atoms with Gasteiger partial charge in [-0.15, -0.1) is 0 Å². The van der Waals surface area contributed by atoms with E-state index in [2.05, 4.69) is 46.6 Å². The van der Waals surface area contributed by atoms with Gasteiger partial charge in [-0.05, 0) is 92.0 Å². The number of hydrogen-bond donors (Lipinski definition) is 1. The van der Waals surface area contributed by atoms with Crippen molar-refractivity contribution in [3.63, 3.8) is 0 Å². The Bertz CT molecular complexity index is 1090. The summed E-state index contributed by atoms with van der Waals surface area (Å²) in [4.78, 5) is 16.8. The lowest BCUT2D eigenvalue weighted by Crippen LogP contribution is -2.55. The average Bonchev–Trinajstić information content (AvgIpc) is 3.32. The first-order valence-electron chi connectivity index (χ1n) is 14.4. The molecule has 2 aromatic carbocycles. The third kappa shape index (κ3) is 4.20. The number of hydrogen-bond acceptors (Lipinski definition) is 2. The number of rotatable bonds is 3. The van der Waals surface area contributed by atoms with E-state index in [-0.39, 0.29) is 17.6 Å². The van der Waals surface area contributed by atoms with E-state index in [1.807, 2.05) is 6.92 Å². The van der Waals surface area contributed by atoms with Crippen LogP contribution < -0.4 is 5.32 Å². The molecule has 2 saturated heterocycles. The van der Waals surface area contributed by atoms with Gasteiger partial charge in [0.2, 0.25) is 5.91 Å². The number of likely N-dealkylation sites (tertiary alicyclic amines) is 1. The molecule has 36 heavy (non-hydrogen) atoms. The summed E-state index contributed by atoms with van der Waals surface area (Å²) >= 11 is 0. The van der Waals surface area contributed by atoms with Crippen molar-refractivity contribution in [2.24, 2.45) is 11.8 Å². The topological polar surface area (TPSA) is 32.3 Å². The Kier molecular flexibility index (Phi) is 6.66. The van der Waals surface area contributed by atoms with Gasteiger partial charge >= 0.3 is 0 Å². The normalized spacial score (nSPS) is 30.9. The fraction of sp³-hybridized carbons (Fsp3) is 0.594. The van der Waals surface area contributed by atoms with E-state index in [4.69, 9.17) is 0 Å². The van der Waals surface area contributed by atoms with Crippen molar-refractivity contribution in [3.8, 4) is 0 Å². The molecule has 1 unspecified atom stereocenters. The van der Waals surface area contributed by atoms with E-state index in [0.29, 0.717) is 31.0 Å².